The Kier molecular flexibility index (Phi) is 8.02. The maximum absolute atomic E-state index is 6.09. The lowest BCUT2D eigenvalue weighted by Gasteiger charge is -2.36. The first-order valence-electron chi connectivity index (χ1n) is 9.55. The number of rotatable bonds is 4. The molecule has 1 saturated heterocycles. The maximum Gasteiger partial charge on any atom is 0.169 e. The Bertz CT molecular complexity index is 790. The highest BCUT2D eigenvalue weighted by molar-refractivity contribution is 5.85. The van der Waals surface area contributed by atoms with E-state index >= 15 is 0 Å². The van der Waals surface area contributed by atoms with Gasteiger partial charge < -0.3 is 14.8 Å². The number of benzene rings is 2. The third-order valence-corrected chi connectivity index (χ3v) is 5.42. The first-order valence-corrected chi connectivity index (χ1v) is 9.55. The van der Waals surface area contributed by atoms with E-state index in [2.05, 4.69) is 54.4 Å². The van der Waals surface area contributed by atoms with Gasteiger partial charge in [-0.2, -0.15) is 0 Å². The van der Waals surface area contributed by atoms with Crippen LogP contribution in [0.15, 0.2) is 36.4 Å². The van der Waals surface area contributed by atoms with Crippen molar-refractivity contribution in [1.82, 2.24) is 10.2 Å². The van der Waals surface area contributed by atoms with Gasteiger partial charge in [-0.05, 0) is 43.0 Å². The van der Waals surface area contributed by atoms with Crippen LogP contribution in [0.2, 0.25) is 0 Å². The van der Waals surface area contributed by atoms with Gasteiger partial charge in [-0.3, -0.25) is 4.90 Å². The number of methoxy groups -OCH3 is 1. The lowest BCUT2D eigenvalue weighted by atomic mass is 9.91. The van der Waals surface area contributed by atoms with Crippen LogP contribution in [0.3, 0.4) is 0 Å². The van der Waals surface area contributed by atoms with Crippen LogP contribution >= 0.6 is 24.8 Å². The number of nitrogens with zero attached hydrogens (tertiary/aromatic N) is 1. The molecule has 6 heteroatoms. The number of nitrogens with one attached hydrogen (secondary N) is 1. The van der Waals surface area contributed by atoms with Gasteiger partial charge in [-0.25, -0.2) is 0 Å². The summed E-state index contributed by atoms with van der Waals surface area (Å²) in [5.74, 6) is 1.72. The molecule has 28 heavy (non-hydrogen) atoms. The highest BCUT2D eigenvalue weighted by Gasteiger charge is 2.25. The average molecular weight is 425 g/mol. The molecule has 0 radical (unpaired) electrons. The monoisotopic (exact) mass is 424 g/mol. The van der Waals surface area contributed by atoms with Gasteiger partial charge in [-0.1, -0.05) is 30.3 Å². The van der Waals surface area contributed by atoms with E-state index in [1.165, 1.54) is 22.3 Å². The molecular formula is C22H30Cl2N2O2. The summed E-state index contributed by atoms with van der Waals surface area (Å²) >= 11 is 0. The highest BCUT2D eigenvalue weighted by atomic mass is 35.5. The zero-order chi connectivity index (χ0) is 18.1. The SMILES string of the molecule is COc1ccc(CCN2CC(C)NC(C)C2)c2c1OCc1ccccc1-2.Cl.Cl. The minimum absolute atomic E-state index is 0. The van der Waals surface area contributed by atoms with Crippen LogP contribution < -0.4 is 14.8 Å². The van der Waals surface area contributed by atoms with Crippen molar-refractivity contribution in [3.63, 3.8) is 0 Å². The quantitative estimate of drug-likeness (QED) is 0.791. The molecule has 0 bridgehead atoms. The van der Waals surface area contributed by atoms with Gasteiger partial charge in [0.1, 0.15) is 6.61 Å². The molecule has 2 aliphatic heterocycles. The molecule has 0 spiro atoms. The molecule has 0 aromatic heterocycles. The topological polar surface area (TPSA) is 33.7 Å². The Hall–Kier alpha value is -1.46. The summed E-state index contributed by atoms with van der Waals surface area (Å²) in [6.45, 7) is 8.42. The Morgan fingerprint density at radius 2 is 1.79 bits per heavy atom. The molecule has 2 atom stereocenters. The largest absolute Gasteiger partial charge is 0.493 e. The third-order valence-electron chi connectivity index (χ3n) is 5.42. The Labute approximate surface area is 180 Å². The lowest BCUT2D eigenvalue weighted by molar-refractivity contribution is 0.175. The molecule has 2 aliphatic rings. The van der Waals surface area contributed by atoms with Crippen LogP contribution in [0.25, 0.3) is 11.1 Å². The molecular weight excluding hydrogens is 395 g/mol. The Morgan fingerprint density at radius 1 is 1.07 bits per heavy atom. The van der Waals surface area contributed by atoms with Gasteiger partial charge in [0.25, 0.3) is 0 Å². The number of halogens is 2. The first-order chi connectivity index (χ1) is 12.7. The minimum atomic E-state index is 0. The molecule has 2 aromatic rings. The molecule has 2 heterocycles. The van der Waals surface area contributed by atoms with E-state index in [1.54, 1.807) is 7.11 Å². The van der Waals surface area contributed by atoms with Gasteiger partial charge in [0.15, 0.2) is 11.5 Å². The van der Waals surface area contributed by atoms with Gasteiger partial charge in [-0.15, -0.1) is 24.8 Å². The zero-order valence-corrected chi connectivity index (χ0v) is 18.4. The van der Waals surface area contributed by atoms with E-state index in [-0.39, 0.29) is 24.8 Å². The van der Waals surface area contributed by atoms with Crippen molar-refractivity contribution in [1.29, 1.82) is 0 Å². The third kappa shape index (κ3) is 4.57. The summed E-state index contributed by atoms with van der Waals surface area (Å²) in [4.78, 5) is 2.57. The van der Waals surface area contributed by atoms with Crippen molar-refractivity contribution in [2.24, 2.45) is 0 Å². The fraction of sp³-hybridized carbons (Fsp3) is 0.455. The second-order valence-electron chi connectivity index (χ2n) is 7.56. The number of hydrogen-bond donors (Lipinski definition) is 1. The molecule has 2 aromatic carbocycles. The zero-order valence-electron chi connectivity index (χ0n) is 16.7. The maximum atomic E-state index is 6.09. The number of hydrogen-bond acceptors (Lipinski definition) is 4. The Morgan fingerprint density at radius 3 is 2.50 bits per heavy atom. The van der Waals surface area contributed by atoms with Crippen LogP contribution in [0.5, 0.6) is 11.5 Å². The van der Waals surface area contributed by atoms with E-state index in [0.29, 0.717) is 18.7 Å². The van der Waals surface area contributed by atoms with Gasteiger partial charge >= 0.3 is 0 Å². The number of ether oxygens (including phenoxy) is 2. The first kappa shape index (κ1) is 22.8. The van der Waals surface area contributed by atoms with Crippen LogP contribution in [0, 0.1) is 0 Å². The molecule has 0 aliphatic carbocycles. The molecule has 1 N–H and O–H groups in total. The average Bonchev–Trinajstić information content (AvgIpc) is 2.65. The van der Waals surface area contributed by atoms with Gasteiger partial charge in [0.05, 0.1) is 7.11 Å². The molecule has 154 valence electrons. The summed E-state index contributed by atoms with van der Waals surface area (Å²) in [5, 5.41) is 3.61. The second-order valence-corrected chi connectivity index (χ2v) is 7.56. The van der Waals surface area contributed by atoms with E-state index in [9.17, 15) is 0 Å². The van der Waals surface area contributed by atoms with Gasteiger partial charge in [0, 0.05) is 37.3 Å². The predicted octanol–water partition coefficient (Wildman–Crippen LogP) is 4.32. The second kappa shape index (κ2) is 9.84. The predicted molar refractivity (Wildman–Crippen MR) is 119 cm³/mol. The standard InChI is InChI=1S/C22H28N2O2.2ClH/c1-15-12-24(13-16(2)23-15)11-10-17-8-9-20(25-3)22-21(17)19-7-5-4-6-18(19)14-26-22;;/h4-9,15-16,23H,10-14H2,1-3H3;2*1H. The van der Waals surface area contributed by atoms with E-state index in [0.717, 1.165) is 37.6 Å². The van der Waals surface area contributed by atoms with Crippen molar-refractivity contribution in [3.05, 3.63) is 47.5 Å². The van der Waals surface area contributed by atoms with Crippen LogP contribution in [-0.2, 0) is 13.0 Å². The Balaban J connectivity index is 0.00000140. The number of piperazine rings is 1. The lowest BCUT2D eigenvalue weighted by Crippen LogP contribution is -2.54. The van der Waals surface area contributed by atoms with E-state index < -0.39 is 0 Å². The molecule has 4 nitrogen and oxygen atoms in total. The summed E-state index contributed by atoms with van der Waals surface area (Å²) in [5.41, 5.74) is 5.08. The van der Waals surface area contributed by atoms with Crippen molar-refractivity contribution in [2.75, 3.05) is 26.7 Å². The summed E-state index contributed by atoms with van der Waals surface area (Å²) in [6.07, 6.45) is 1.02. The van der Waals surface area contributed by atoms with Crippen molar-refractivity contribution >= 4 is 24.8 Å². The summed E-state index contributed by atoms with van der Waals surface area (Å²) in [7, 11) is 1.71. The van der Waals surface area contributed by atoms with Crippen LogP contribution in [0.1, 0.15) is 25.0 Å². The van der Waals surface area contributed by atoms with Crippen LogP contribution in [0.4, 0.5) is 0 Å². The molecule has 2 unspecified atom stereocenters. The molecule has 4 rings (SSSR count). The fourth-order valence-corrected chi connectivity index (χ4v) is 4.35. The van der Waals surface area contributed by atoms with Crippen molar-refractivity contribution in [3.8, 4) is 22.6 Å². The van der Waals surface area contributed by atoms with E-state index in [4.69, 9.17) is 9.47 Å². The normalized spacial score (nSPS) is 20.7. The smallest absolute Gasteiger partial charge is 0.169 e. The molecule has 1 fully saturated rings. The highest BCUT2D eigenvalue weighted by Crippen LogP contribution is 2.45. The summed E-state index contributed by atoms with van der Waals surface area (Å²) in [6, 6.07) is 13.9. The van der Waals surface area contributed by atoms with Crippen LogP contribution in [-0.4, -0.2) is 43.7 Å². The van der Waals surface area contributed by atoms with Crippen molar-refractivity contribution in [2.45, 2.75) is 39.0 Å². The number of fused-ring (bicyclic) bond motifs is 3. The van der Waals surface area contributed by atoms with Gasteiger partial charge in [0.2, 0.25) is 0 Å². The molecule has 0 saturated carbocycles. The molecule has 0 amide bonds. The van der Waals surface area contributed by atoms with E-state index in [1.807, 2.05) is 6.07 Å². The summed E-state index contributed by atoms with van der Waals surface area (Å²) < 4.78 is 11.7. The minimum Gasteiger partial charge on any atom is -0.493 e. The van der Waals surface area contributed by atoms with Crippen molar-refractivity contribution < 1.29 is 9.47 Å². The fourth-order valence-electron chi connectivity index (χ4n) is 4.35.